The molecule has 0 aliphatic carbocycles. The molecule has 11 heavy (non-hydrogen) atoms. The van der Waals surface area contributed by atoms with Crippen molar-refractivity contribution >= 4 is 11.6 Å². The number of phenols is 1. The van der Waals surface area contributed by atoms with Crippen molar-refractivity contribution in [2.75, 3.05) is 0 Å². The van der Waals surface area contributed by atoms with Gasteiger partial charge in [-0.2, -0.15) is 0 Å². The van der Waals surface area contributed by atoms with Gasteiger partial charge in [-0.05, 0) is 6.07 Å². The summed E-state index contributed by atoms with van der Waals surface area (Å²) < 4.78 is 5.12. The molecule has 1 aromatic rings. The number of fused-ring (bicyclic) bond motifs is 1. The van der Waals surface area contributed by atoms with E-state index in [-0.39, 0.29) is 5.75 Å². The molecule has 2 rings (SSSR count). The summed E-state index contributed by atoms with van der Waals surface area (Å²) >= 11 is 5.77. The minimum absolute atomic E-state index is 0.188. The standard InChI is InChI=1S/C8H6ClO2/c9-7-4-6(10)3-5-1-2-11-8(5)7/h2-4,10H,1H2. The molecule has 0 spiro atoms. The van der Waals surface area contributed by atoms with Crippen LogP contribution in [0.25, 0.3) is 0 Å². The van der Waals surface area contributed by atoms with Crippen molar-refractivity contribution < 1.29 is 9.84 Å². The first-order valence-corrected chi connectivity index (χ1v) is 3.65. The highest BCUT2D eigenvalue weighted by Crippen LogP contribution is 2.37. The summed E-state index contributed by atoms with van der Waals surface area (Å²) in [4.78, 5) is 0. The minimum Gasteiger partial charge on any atom is -0.508 e. The minimum atomic E-state index is 0.188. The molecule has 0 amide bonds. The maximum atomic E-state index is 9.12. The number of benzene rings is 1. The van der Waals surface area contributed by atoms with Crippen LogP contribution in [0.1, 0.15) is 5.56 Å². The summed E-state index contributed by atoms with van der Waals surface area (Å²) in [5.74, 6) is 0.858. The molecule has 1 N–H and O–H groups in total. The van der Waals surface area contributed by atoms with Gasteiger partial charge in [-0.3, -0.25) is 0 Å². The van der Waals surface area contributed by atoms with E-state index in [0.717, 1.165) is 5.56 Å². The number of hydrogen-bond donors (Lipinski definition) is 1. The maximum absolute atomic E-state index is 9.12. The van der Waals surface area contributed by atoms with Gasteiger partial charge in [0.15, 0.2) is 0 Å². The van der Waals surface area contributed by atoms with Gasteiger partial charge in [0, 0.05) is 18.1 Å². The van der Waals surface area contributed by atoms with Crippen LogP contribution in [0, 0.1) is 6.61 Å². The molecule has 0 unspecified atom stereocenters. The Kier molecular flexibility index (Phi) is 1.43. The number of ether oxygens (including phenoxy) is 1. The third-order valence-corrected chi connectivity index (χ3v) is 1.89. The first-order valence-electron chi connectivity index (χ1n) is 3.27. The summed E-state index contributed by atoms with van der Waals surface area (Å²) in [5.41, 5.74) is 0.940. The lowest BCUT2D eigenvalue weighted by atomic mass is 10.1. The number of phenolic OH excluding ortho intramolecular Hbond substituents is 1. The molecular formula is C8H6ClO2. The van der Waals surface area contributed by atoms with Crippen LogP contribution in [0.15, 0.2) is 12.1 Å². The Labute approximate surface area is 69.4 Å². The average molecular weight is 170 g/mol. The van der Waals surface area contributed by atoms with Gasteiger partial charge in [0.05, 0.1) is 5.02 Å². The zero-order valence-electron chi connectivity index (χ0n) is 5.67. The molecule has 57 valence electrons. The van der Waals surface area contributed by atoms with Gasteiger partial charge in [0.1, 0.15) is 18.1 Å². The van der Waals surface area contributed by atoms with Crippen molar-refractivity contribution in [2.45, 2.75) is 6.42 Å². The van der Waals surface area contributed by atoms with E-state index in [1.165, 1.54) is 6.07 Å². The second-order valence-electron chi connectivity index (χ2n) is 2.40. The normalized spacial score (nSPS) is 14.3. The lowest BCUT2D eigenvalue weighted by Crippen LogP contribution is -1.79. The molecule has 0 atom stereocenters. The van der Waals surface area contributed by atoms with Crippen LogP contribution >= 0.6 is 11.6 Å². The lowest BCUT2D eigenvalue weighted by molar-refractivity contribution is 0.434. The van der Waals surface area contributed by atoms with Gasteiger partial charge < -0.3 is 9.84 Å². The van der Waals surface area contributed by atoms with E-state index in [1.807, 2.05) is 0 Å². The maximum Gasteiger partial charge on any atom is 0.142 e. The number of halogens is 1. The summed E-state index contributed by atoms with van der Waals surface area (Å²) in [6.07, 6.45) is 0.712. The van der Waals surface area contributed by atoms with E-state index in [2.05, 4.69) is 0 Å². The van der Waals surface area contributed by atoms with Crippen molar-refractivity contribution in [2.24, 2.45) is 0 Å². The van der Waals surface area contributed by atoms with E-state index in [0.29, 0.717) is 17.2 Å². The van der Waals surface area contributed by atoms with Gasteiger partial charge in [-0.1, -0.05) is 11.6 Å². The van der Waals surface area contributed by atoms with Gasteiger partial charge >= 0.3 is 0 Å². The third-order valence-electron chi connectivity index (χ3n) is 1.61. The molecule has 3 heteroatoms. The average Bonchev–Trinajstić information content (AvgIpc) is 2.34. The molecule has 2 nitrogen and oxygen atoms in total. The second kappa shape index (κ2) is 2.31. The summed E-state index contributed by atoms with van der Waals surface area (Å²) in [5, 5.41) is 9.59. The second-order valence-corrected chi connectivity index (χ2v) is 2.81. The molecular weight excluding hydrogens is 164 g/mol. The Morgan fingerprint density at radius 1 is 1.45 bits per heavy atom. The van der Waals surface area contributed by atoms with Crippen LogP contribution in [0.2, 0.25) is 5.02 Å². The van der Waals surface area contributed by atoms with E-state index < -0.39 is 0 Å². The van der Waals surface area contributed by atoms with E-state index >= 15 is 0 Å². The van der Waals surface area contributed by atoms with Crippen molar-refractivity contribution in [1.29, 1.82) is 0 Å². The highest BCUT2D eigenvalue weighted by Gasteiger charge is 2.16. The molecule has 0 aromatic heterocycles. The highest BCUT2D eigenvalue weighted by molar-refractivity contribution is 6.32. The fraction of sp³-hybridized carbons (Fsp3) is 0.125. The SMILES string of the molecule is Oc1cc(Cl)c2c(c1)C[CH]O2. The number of hydrogen-bond acceptors (Lipinski definition) is 2. The molecule has 1 radical (unpaired) electrons. The number of rotatable bonds is 0. The smallest absolute Gasteiger partial charge is 0.142 e. The molecule has 0 bridgehead atoms. The van der Waals surface area contributed by atoms with Crippen LogP contribution in [-0.4, -0.2) is 5.11 Å². The lowest BCUT2D eigenvalue weighted by Gasteiger charge is -2.01. The Morgan fingerprint density at radius 3 is 3.09 bits per heavy atom. The molecule has 1 aliphatic heterocycles. The Morgan fingerprint density at radius 2 is 2.27 bits per heavy atom. The molecule has 0 fully saturated rings. The monoisotopic (exact) mass is 169 g/mol. The molecule has 1 aliphatic rings. The first kappa shape index (κ1) is 6.80. The third kappa shape index (κ3) is 1.03. The molecule has 1 heterocycles. The molecule has 0 saturated carbocycles. The van der Waals surface area contributed by atoms with Crippen LogP contribution < -0.4 is 4.74 Å². The van der Waals surface area contributed by atoms with Crippen LogP contribution in [-0.2, 0) is 6.42 Å². The van der Waals surface area contributed by atoms with Gasteiger partial charge in [0.25, 0.3) is 0 Å². The van der Waals surface area contributed by atoms with E-state index in [1.54, 1.807) is 12.7 Å². The Balaban J connectivity index is 2.60. The molecule has 0 saturated heterocycles. The fourth-order valence-corrected chi connectivity index (χ4v) is 1.41. The predicted molar refractivity (Wildman–Crippen MR) is 41.7 cm³/mol. The topological polar surface area (TPSA) is 29.5 Å². The fourth-order valence-electron chi connectivity index (χ4n) is 1.13. The van der Waals surface area contributed by atoms with Crippen molar-refractivity contribution in [3.63, 3.8) is 0 Å². The Bertz CT molecular complexity index is 296. The van der Waals surface area contributed by atoms with Gasteiger partial charge in [-0.25, -0.2) is 0 Å². The number of aromatic hydroxyl groups is 1. The predicted octanol–water partition coefficient (Wildman–Crippen LogP) is 2.14. The van der Waals surface area contributed by atoms with Crippen molar-refractivity contribution in [3.05, 3.63) is 29.3 Å². The largest absolute Gasteiger partial charge is 0.508 e. The van der Waals surface area contributed by atoms with Crippen LogP contribution in [0.4, 0.5) is 0 Å². The summed E-state index contributed by atoms with van der Waals surface area (Å²) in [6.45, 7) is 1.66. The van der Waals surface area contributed by atoms with Crippen LogP contribution in [0.5, 0.6) is 11.5 Å². The quantitative estimate of drug-likeness (QED) is 0.645. The van der Waals surface area contributed by atoms with Gasteiger partial charge in [-0.15, -0.1) is 0 Å². The van der Waals surface area contributed by atoms with Crippen molar-refractivity contribution in [3.8, 4) is 11.5 Å². The van der Waals surface area contributed by atoms with Crippen LogP contribution in [0.3, 0.4) is 0 Å². The molecule has 1 aromatic carbocycles. The first-order chi connectivity index (χ1) is 5.27. The van der Waals surface area contributed by atoms with Crippen molar-refractivity contribution in [1.82, 2.24) is 0 Å². The summed E-state index contributed by atoms with van der Waals surface area (Å²) in [6, 6.07) is 3.13. The zero-order valence-corrected chi connectivity index (χ0v) is 6.43. The zero-order chi connectivity index (χ0) is 7.84. The Hall–Kier alpha value is -0.890. The summed E-state index contributed by atoms with van der Waals surface area (Å²) in [7, 11) is 0. The van der Waals surface area contributed by atoms with Gasteiger partial charge in [0.2, 0.25) is 0 Å². The van der Waals surface area contributed by atoms with E-state index in [4.69, 9.17) is 21.4 Å². The highest BCUT2D eigenvalue weighted by atomic mass is 35.5. The van der Waals surface area contributed by atoms with E-state index in [9.17, 15) is 0 Å².